The lowest BCUT2D eigenvalue weighted by molar-refractivity contribution is 0.216. The fourth-order valence-electron chi connectivity index (χ4n) is 2.40. The van der Waals surface area contributed by atoms with E-state index in [0.29, 0.717) is 0 Å². The number of hydrogen-bond donors (Lipinski definition) is 0. The van der Waals surface area contributed by atoms with E-state index < -0.39 is 0 Å². The summed E-state index contributed by atoms with van der Waals surface area (Å²) in [6.45, 7) is 7.13. The van der Waals surface area contributed by atoms with Crippen molar-refractivity contribution in [3.05, 3.63) is 24.0 Å². The normalized spacial score (nSPS) is 18.2. The minimum atomic E-state index is 1.15. The number of rotatable bonds is 4. The van der Waals surface area contributed by atoms with Crippen molar-refractivity contribution in [1.29, 1.82) is 0 Å². The fraction of sp³-hybridized carbons (Fsp3) is 0.692. The average molecular weight is 206 g/mol. The first kappa shape index (κ1) is 10.7. The quantitative estimate of drug-likeness (QED) is 0.735. The number of aryl methyl sites for hydroxylation is 1. The molecule has 0 bridgehead atoms. The number of likely N-dealkylation sites (tertiary alicyclic amines) is 1. The van der Waals surface area contributed by atoms with Crippen molar-refractivity contribution < 1.29 is 0 Å². The van der Waals surface area contributed by atoms with Crippen LogP contribution in [0.3, 0.4) is 0 Å². The Kier molecular flexibility index (Phi) is 3.84. The highest BCUT2D eigenvalue weighted by atomic mass is 15.1. The molecule has 1 aromatic rings. The van der Waals surface area contributed by atoms with Crippen molar-refractivity contribution in [2.24, 2.45) is 0 Å². The molecule has 2 heterocycles. The molecule has 0 radical (unpaired) electrons. The van der Waals surface area contributed by atoms with Gasteiger partial charge in [-0.25, -0.2) is 0 Å². The summed E-state index contributed by atoms with van der Waals surface area (Å²) < 4.78 is 2.40. The van der Waals surface area contributed by atoms with Gasteiger partial charge in [0.2, 0.25) is 0 Å². The van der Waals surface area contributed by atoms with Gasteiger partial charge in [0.1, 0.15) is 0 Å². The lowest BCUT2D eigenvalue weighted by Crippen LogP contribution is -2.30. The number of hydrogen-bond acceptors (Lipinski definition) is 1. The summed E-state index contributed by atoms with van der Waals surface area (Å²) in [5, 5.41) is 0. The predicted octanol–water partition coefficient (Wildman–Crippen LogP) is 2.88. The van der Waals surface area contributed by atoms with Gasteiger partial charge in [-0.05, 0) is 44.5 Å². The zero-order chi connectivity index (χ0) is 10.5. The summed E-state index contributed by atoms with van der Waals surface area (Å²) >= 11 is 0. The summed E-state index contributed by atoms with van der Waals surface area (Å²) in [6, 6.07) is 4.44. The lowest BCUT2D eigenvalue weighted by atomic mass is 10.1. The first-order chi connectivity index (χ1) is 7.40. The maximum Gasteiger partial charge on any atom is 0.0387 e. The van der Waals surface area contributed by atoms with Crippen LogP contribution in [0.4, 0.5) is 0 Å². The van der Waals surface area contributed by atoms with E-state index in [-0.39, 0.29) is 0 Å². The molecule has 2 heteroatoms. The van der Waals surface area contributed by atoms with Gasteiger partial charge in [0, 0.05) is 25.0 Å². The molecular weight excluding hydrogens is 184 g/mol. The van der Waals surface area contributed by atoms with Crippen molar-refractivity contribution in [2.45, 2.75) is 45.7 Å². The first-order valence-electron chi connectivity index (χ1n) is 6.26. The van der Waals surface area contributed by atoms with E-state index in [4.69, 9.17) is 0 Å². The van der Waals surface area contributed by atoms with Crippen LogP contribution in [0.2, 0.25) is 0 Å². The second-order valence-corrected chi connectivity index (χ2v) is 4.53. The molecule has 0 amide bonds. The molecule has 0 aromatic carbocycles. The van der Waals surface area contributed by atoms with Gasteiger partial charge in [-0.2, -0.15) is 0 Å². The van der Waals surface area contributed by atoms with E-state index >= 15 is 0 Å². The van der Waals surface area contributed by atoms with Gasteiger partial charge >= 0.3 is 0 Å². The van der Waals surface area contributed by atoms with Gasteiger partial charge in [-0.1, -0.05) is 13.3 Å². The van der Waals surface area contributed by atoms with Crippen LogP contribution >= 0.6 is 0 Å². The molecule has 2 rings (SSSR count). The predicted molar refractivity (Wildman–Crippen MR) is 63.9 cm³/mol. The van der Waals surface area contributed by atoms with Crippen LogP contribution in [0.5, 0.6) is 0 Å². The molecule has 15 heavy (non-hydrogen) atoms. The van der Waals surface area contributed by atoms with Crippen molar-refractivity contribution in [2.75, 3.05) is 13.1 Å². The van der Waals surface area contributed by atoms with E-state index in [1.807, 2.05) is 0 Å². The Morgan fingerprint density at radius 3 is 2.73 bits per heavy atom. The van der Waals surface area contributed by atoms with Gasteiger partial charge in [0.05, 0.1) is 0 Å². The topological polar surface area (TPSA) is 8.17 Å². The highest BCUT2D eigenvalue weighted by Crippen LogP contribution is 2.13. The molecule has 1 aliphatic rings. The van der Waals surface area contributed by atoms with Crippen LogP contribution in [0.15, 0.2) is 18.3 Å². The average Bonchev–Trinajstić information content (AvgIpc) is 2.68. The fourth-order valence-corrected chi connectivity index (χ4v) is 2.40. The van der Waals surface area contributed by atoms with E-state index in [9.17, 15) is 0 Å². The van der Waals surface area contributed by atoms with Gasteiger partial charge in [0.25, 0.3) is 0 Å². The van der Waals surface area contributed by atoms with E-state index in [2.05, 4.69) is 34.7 Å². The zero-order valence-corrected chi connectivity index (χ0v) is 9.78. The number of aromatic nitrogens is 1. The summed E-state index contributed by atoms with van der Waals surface area (Å²) in [5.41, 5.74) is 1.48. The largest absolute Gasteiger partial charge is 0.350 e. The third-order valence-corrected chi connectivity index (χ3v) is 3.22. The van der Waals surface area contributed by atoms with Crippen LogP contribution in [0, 0.1) is 0 Å². The van der Waals surface area contributed by atoms with Crippen molar-refractivity contribution in [3.63, 3.8) is 0 Å². The van der Waals surface area contributed by atoms with E-state index in [0.717, 1.165) is 13.1 Å². The van der Waals surface area contributed by atoms with Crippen molar-refractivity contribution >= 4 is 0 Å². The minimum absolute atomic E-state index is 1.15. The van der Waals surface area contributed by atoms with E-state index in [1.165, 1.54) is 44.5 Å². The Hall–Kier alpha value is -0.760. The molecule has 0 saturated carbocycles. The molecule has 1 aromatic heterocycles. The Balaban J connectivity index is 1.93. The molecule has 0 aliphatic carbocycles. The van der Waals surface area contributed by atoms with Crippen LogP contribution in [0.1, 0.15) is 38.3 Å². The Labute approximate surface area is 92.9 Å². The zero-order valence-electron chi connectivity index (χ0n) is 9.78. The Bertz CT molecular complexity index is 284. The van der Waals surface area contributed by atoms with Crippen LogP contribution in [-0.4, -0.2) is 22.6 Å². The Morgan fingerprint density at radius 2 is 2.00 bits per heavy atom. The molecule has 2 nitrogen and oxygen atoms in total. The maximum absolute atomic E-state index is 2.59. The Morgan fingerprint density at radius 1 is 1.20 bits per heavy atom. The smallest absolute Gasteiger partial charge is 0.0387 e. The minimum Gasteiger partial charge on any atom is -0.350 e. The summed E-state index contributed by atoms with van der Waals surface area (Å²) in [5.74, 6) is 0. The molecule has 1 aliphatic heterocycles. The van der Waals surface area contributed by atoms with Gasteiger partial charge < -0.3 is 4.57 Å². The maximum atomic E-state index is 2.59. The first-order valence-corrected chi connectivity index (χ1v) is 6.26. The standard InChI is InChI=1S/C13H22N2/c1-2-8-15-11-6-7-13(15)12-14-9-4-3-5-10-14/h6-7,11H,2-5,8-10,12H2,1H3. The van der Waals surface area contributed by atoms with Crippen molar-refractivity contribution in [3.8, 4) is 0 Å². The third kappa shape index (κ3) is 2.85. The monoisotopic (exact) mass is 206 g/mol. The van der Waals surface area contributed by atoms with Crippen LogP contribution < -0.4 is 0 Å². The van der Waals surface area contributed by atoms with E-state index in [1.54, 1.807) is 0 Å². The van der Waals surface area contributed by atoms with Crippen LogP contribution in [0.25, 0.3) is 0 Å². The summed E-state index contributed by atoms with van der Waals surface area (Å²) in [6.07, 6.45) is 7.62. The number of piperidine rings is 1. The second-order valence-electron chi connectivity index (χ2n) is 4.53. The molecule has 0 spiro atoms. The lowest BCUT2D eigenvalue weighted by Gasteiger charge is -2.26. The third-order valence-electron chi connectivity index (χ3n) is 3.22. The number of nitrogens with zero attached hydrogens (tertiary/aromatic N) is 2. The molecule has 0 atom stereocenters. The van der Waals surface area contributed by atoms with Gasteiger partial charge in [0.15, 0.2) is 0 Å². The van der Waals surface area contributed by atoms with Crippen LogP contribution in [-0.2, 0) is 13.1 Å². The molecule has 84 valence electrons. The van der Waals surface area contributed by atoms with Gasteiger partial charge in [-0.15, -0.1) is 0 Å². The highest BCUT2D eigenvalue weighted by Gasteiger charge is 2.11. The van der Waals surface area contributed by atoms with Crippen molar-refractivity contribution in [1.82, 2.24) is 9.47 Å². The van der Waals surface area contributed by atoms with Gasteiger partial charge in [-0.3, -0.25) is 4.90 Å². The molecular formula is C13H22N2. The summed E-state index contributed by atoms with van der Waals surface area (Å²) in [4.78, 5) is 2.59. The molecule has 1 fully saturated rings. The molecule has 0 unspecified atom stereocenters. The molecule has 1 saturated heterocycles. The SMILES string of the molecule is CCCn1cccc1CN1CCCCC1. The molecule has 0 N–H and O–H groups in total. The highest BCUT2D eigenvalue weighted by molar-refractivity contribution is 5.07. The second kappa shape index (κ2) is 5.36. The summed E-state index contributed by atoms with van der Waals surface area (Å²) in [7, 11) is 0.